The summed E-state index contributed by atoms with van der Waals surface area (Å²) in [4.78, 5) is 12.4. The topological polar surface area (TPSA) is 59.8 Å². The van der Waals surface area contributed by atoms with Crippen LogP contribution in [0, 0.1) is 0 Å². The van der Waals surface area contributed by atoms with Crippen molar-refractivity contribution in [3.05, 3.63) is 59.6 Å². The smallest absolute Gasteiger partial charge is 0.237 e. The van der Waals surface area contributed by atoms with Crippen LogP contribution in [0.25, 0.3) is 11.4 Å². The Kier molecular flexibility index (Phi) is 5.40. The van der Waals surface area contributed by atoms with Gasteiger partial charge in [0.1, 0.15) is 0 Å². The van der Waals surface area contributed by atoms with Crippen LogP contribution in [-0.2, 0) is 11.8 Å². The summed E-state index contributed by atoms with van der Waals surface area (Å²) in [6, 6.07) is 16.9. The van der Waals surface area contributed by atoms with Crippen LogP contribution < -0.4 is 5.32 Å². The number of aromatic nitrogens is 3. The van der Waals surface area contributed by atoms with E-state index in [0.29, 0.717) is 15.9 Å². The maximum absolute atomic E-state index is 12.4. The second-order valence-corrected chi connectivity index (χ2v) is 7.23. The lowest BCUT2D eigenvalue weighted by atomic mass is 10.2. The Morgan fingerprint density at radius 1 is 1.12 bits per heavy atom. The Hall–Kier alpha value is -2.31. The number of hydrogen-bond donors (Lipinski definition) is 1. The molecule has 0 aliphatic rings. The van der Waals surface area contributed by atoms with Crippen LogP contribution in [0.1, 0.15) is 6.92 Å². The molecule has 1 heterocycles. The van der Waals surface area contributed by atoms with Gasteiger partial charge in [0.25, 0.3) is 0 Å². The van der Waals surface area contributed by atoms with E-state index in [1.165, 1.54) is 11.8 Å². The highest BCUT2D eigenvalue weighted by atomic mass is 35.5. The van der Waals surface area contributed by atoms with Crippen molar-refractivity contribution in [3.63, 3.8) is 0 Å². The maximum Gasteiger partial charge on any atom is 0.237 e. The molecule has 0 unspecified atom stereocenters. The van der Waals surface area contributed by atoms with Crippen molar-refractivity contribution in [2.24, 2.45) is 7.05 Å². The molecule has 0 radical (unpaired) electrons. The summed E-state index contributed by atoms with van der Waals surface area (Å²) in [7, 11) is 1.90. The predicted octanol–water partition coefficient (Wildman–Crippen LogP) is 4.25. The monoisotopic (exact) mass is 372 g/mol. The molecular formula is C18H17ClN4OS. The lowest BCUT2D eigenvalue weighted by Crippen LogP contribution is -2.22. The lowest BCUT2D eigenvalue weighted by molar-refractivity contribution is -0.115. The molecule has 128 valence electrons. The molecule has 7 heteroatoms. The maximum atomic E-state index is 12.4. The molecule has 3 aromatic rings. The highest BCUT2D eigenvalue weighted by molar-refractivity contribution is 8.00. The first kappa shape index (κ1) is 17.5. The fourth-order valence-corrected chi connectivity index (χ4v) is 3.19. The molecular weight excluding hydrogens is 356 g/mol. The van der Waals surface area contributed by atoms with Crippen molar-refractivity contribution in [3.8, 4) is 11.4 Å². The highest BCUT2D eigenvalue weighted by Crippen LogP contribution is 2.26. The summed E-state index contributed by atoms with van der Waals surface area (Å²) in [5, 5.41) is 12.3. The van der Waals surface area contributed by atoms with Gasteiger partial charge in [-0.2, -0.15) is 0 Å². The van der Waals surface area contributed by atoms with Gasteiger partial charge in [0.05, 0.1) is 5.25 Å². The first-order valence-electron chi connectivity index (χ1n) is 7.72. The number of hydrogen-bond acceptors (Lipinski definition) is 4. The lowest BCUT2D eigenvalue weighted by Gasteiger charge is -2.11. The van der Waals surface area contributed by atoms with E-state index in [-0.39, 0.29) is 11.2 Å². The van der Waals surface area contributed by atoms with E-state index >= 15 is 0 Å². The van der Waals surface area contributed by atoms with Gasteiger partial charge in [0.2, 0.25) is 5.91 Å². The average molecular weight is 373 g/mol. The number of anilines is 1. The summed E-state index contributed by atoms with van der Waals surface area (Å²) in [6.45, 7) is 1.84. The minimum Gasteiger partial charge on any atom is -0.325 e. The summed E-state index contributed by atoms with van der Waals surface area (Å²) < 4.78 is 1.89. The predicted molar refractivity (Wildman–Crippen MR) is 102 cm³/mol. The molecule has 0 spiro atoms. The fourth-order valence-electron chi connectivity index (χ4n) is 2.24. The standard InChI is InChI=1S/C18H17ClN4OS/c1-12(17(24)20-15-10-8-14(19)9-11-15)25-18-22-21-16(23(18)2)13-6-4-3-5-7-13/h3-12H,1-2H3,(H,20,24)/t12-/m0/s1. The van der Waals surface area contributed by atoms with Gasteiger partial charge in [-0.25, -0.2) is 0 Å². The summed E-state index contributed by atoms with van der Waals surface area (Å²) in [5.74, 6) is 0.671. The molecule has 1 aromatic heterocycles. The van der Waals surface area contributed by atoms with E-state index in [2.05, 4.69) is 15.5 Å². The number of carbonyl (C=O) groups excluding carboxylic acids is 1. The van der Waals surface area contributed by atoms with Crippen molar-refractivity contribution < 1.29 is 4.79 Å². The number of rotatable bonds is 5. The first-order valence-corrected chi connectivity index (χ1v) is 8.98. The van der Waals surface area contributed by atoms with Crippen molar-refractivity contribution in [1.82, 2.24) is 14.8 Å². The van der Waals surface area contributed by atoms with Gasteiger partial charge in [-0.05, 0) is 31.2 Å². The minimum atomic E-state index is -0.317. The van der Waals surface area contributed by atoms with Gasteiger partial charge in [-0.1, -0.05) is 53.7 Å². The molecule has 0 bridgehead atoms. The van der Waals surface area contributed by atoms with Crippen molar-refractivity contribution >= 4 is 35.0 Å². The van der Waals surface area contributed by atoms with Crippen LogP contribution in [0.5, 0.6) is 0 Å². The molecule has 1 atom stereocenters. The van der Waals surface area contributed by atoms with E-state index in [9.17, 15) is 4.79 Å². The molecule has 2 aromatic carbocycles. The first-order chi connectivity index (χ1) is 12.0. The number of carbonyl (C=O) groups is 1. The van der Waals surface area contributed by atoms with Crippen LogP contribution in [-0.4, -0.2) is 25.9 Å². The molecule has 0 saturated heterocycles. The minimum absolute atomic E-state index is 0.100. The van der Waals surface area contributed by atoms with E-state index in [4.69, 9.17) is 11.6 Å². The van der Waals surface area contributed by atoms with Crippen LogP contribution >= 0.6 is 23.4 Å². The number of nitrogens with zero attached hydrogens (tertiary/aromatic N) is 3. The average Bonchev–Trinajstić information content (AvgIpc) is 2.98. The summed E-state index contributed by atoms with van der Waals surface area (Å²) in [6.07, 6.45) is 0. The number of nitrogens with one attached hydrogen (secondary N) is 1. The molecule has 3 rings (SSSR count). The Labute approximate surface area is 155 Å². The van der Waals surface area contributed by atoms with E-state index in [0.717, 1.165) is 11.4 Å². The summed E-state index contributed by atoms with van der Waals surface area (Å²) in [5.41, 5.74) is 1.70. The second-order valence-electron chi connectivity index (χ2n) is 5.49. The SMILES string of the molecule is C[C@H](Sc1nnc(-c2ccccc2)n1C)C(=O)Nc1ccc(Cl)cc1. The van der Waals surface area contributed by atoms with Gasteiger partial charge in [0.15, 0.2) is 11.0 Å². The van der Waals surface area contributed by atoms with Gasteiger partial charge >= 0.3 is 0 Å². The Bertz CT molecular complexity index is 865. The van der Waals surface area contributed by atoms with Gasteiger partial charge in [-0.3, -0.25) is 4.79 Å². The van der Waals surface area contributed by atoms with Crippen LogP contribution in [0.3, 0.4) is 0 Å². The number of halogens is 1. The molecule has 0 aliphatic heterocycles. The third-order valence-corrected chi connectivity index (χ3v) is 5.02. The van der Waals surface area contributed by atoms with E-state index in [1.54, 1.807) is 24.3 Å². The van der Waals surface area contributed by atoms with Crippen molar-refractivity contribution in [2.45, 2.75) is 17.3 Å². The van der Waals surface area contributed by atoms with E-state index in [1.807, 2.05) is 48.9 Å². The number of amides is 1. The zero-order chi connectivity index (χ0) is 17.8. The van der Waals surface area contributed by atoms with Gasteiger partial charge in [-0.15, -0.1) is 10.2 Å². The zero-order valence-electron chi connectivity index (χ0n) is 13.8. The largest absolute Gasteiger partial charge is 0.325 e. The van der Waals surface area contributed by atoms with Crippen molar-refractivity contribution in [2.75, 3.05) is 5.32 Å². The van der Waals surface area contributed by atoms with Crippen molar-refractivity contribution in [1.29, 1.82) is 0 Å². The normalized spacial score (nSPS) is 12.0. The molecule has 0 fully saturated rings. The molecule has 25 heavy (non-hydrogen) atoms. The molecule has 1 N–H and O–H groups in total. The Morgan fingerprint density at radius 3 is 2.48 bits per heavy atom. The third-order valence-electron chi connectivity index (χ3n) is 3.63. The Morgan fingerprint density at radius 2 is 1.80 bits per heavy atom. The van der Waals surface area contributed by atoms with Gasteiger partial charge < -0.3 is 9.88 Å². The van der Waals surface area contributed by atoms with Crippen LogP contribution in [0.4, 0.5) is 5.69 Å². The van der Waals surface area contributed by atoms with Crippen LogP contribution in [0.15, 0.2) is 59.8 Å². The molecule has 1 amide bonds. The summed E-state index contributed by atoms with van der Waals surface area (Å²) >= 11 is 7.22. The number of benzene rings is 2. The molecule has 0 aliphatic carbocycles. The molecule has 5 nitrogen and oxygen atoms in total. The third kappa shape index (κ3) is 4.21. The highest BCUT2D eigenvalue weighted by Gasteiger charge is 2.19. The molecule has 0 saturated carbocycles. The quantitative estimate of drug-likeness (QED) is 0.680. The second kappa shape index (κ2) is 7.72. The zero-order valence-corrected chi connectivity index (χ0v) is 15.4. The van der Waals surface area contributed by atoms with Gasteiger partial charge in [0, 0.05) is 23.3 Å². The van der Waals surface area contributed by atoms with Crippen LogP contribution in [0.2, 0.25) is 5.02 Å². The Balaban J connectivity index is 1.68. The fraction of sp³-hybridized carbons (Fsp3) is 0.167. The number of thioether (sulfide) groups is 1. The van der Waals surface area contributed by atoms with E-state index < -0.39 is 0 Å².